The molecule has 0 amide bonds. The minimum Gasteiger partial charge on any atom is -0.491 e. The largest absolute Gasteiger partial charge is 0.491 e. The van der Waals surface area contributed by atoms with E-state index in [2.05, 4.69) is 0 Å². The number of carbonyl (C=O) groups is 1. The maximum Gasteiger partial charge on any atom is 0.321 e. The Bertz CT molecular complexity index is 365. The van der Waals surface area contributed by atoms with E-state index in [4.69, 9.17) is 15.6 Å². The predicted molar refractivity (Wildman–Crippen MR) is 68.5 cm³/mol. The van der Waals surface area contributed by atoms with E-state index in [1.807, 2.05) is 38.1 Å². The van der Waals surface area contributed by atoms with Crippen LogP contribution in [0, 0.1) is 0 Å². The van der Waals surface area contributed by atoms with Crippen molar-refractivity contribution in [1.82, 2.24) is 0 Å². The lowest BCUT2D eigenvalue weighted by Gasteiger charge is -2.10. The molecule has 0 aliphatic rings. The van der Waals surface area contributed by atoms with Gasteiger partial charge in [-0.1, -0.05) is 0 Å². The molecule has 1 aromatic carbocycles. The number of carboxylic acid groups (broad SMARTS) is 1. The van der Waals surface area contributed by atoms with Crippen LogP contribution in [0.5, 0.6) is 5.75 Å². The summed E-state index contributed by atoms with van der Waals surface area (Å²) in [5.41, 5.74) is 5.42. The summed E-state index contributed by atoms with van der Waals surface area (Å²) in [6.45, 7) is 3.93. The average molecular weight is 255 g/mol. The van der Waals surface area contributed by atoms with Crippen LogP contribution in [0.3, 0.4) is 0 Å². The minimum atomic E-state index is -0.975. The van der Waals surface area contributed by atoms with Crippen LogP contribution in [0.1, 0.15) is 13.8 Å². The number of nitrogens with two attached hydrogens (primary N) is 1. The lowest BCUT2D eigenvalue weighted by molar-refractivity contribution is -0.137. The lowest BCUT2D eigenvalue weighted by Crippen LogP contribution is -2.32. The number of rotatable bonds is 6. The number of aliphatic carboxylic acids is 1. The van der Waals surface area contributed by atoms with Crippen molar-refractivity contribution in [1.29, 1.82) is 0 Å². The molecule has 1 rings (SSSR count). The number of carboxylic acids is 1. The van der Waals surface area contributed by atoms with Gasteiger partial charge in [0.2, 0.25) is 0 Å². The molecule has 0 saturated heterocycles. The predicted octanol–water partition coefficient (Wildman–Crippen LogP) is 1.98. The van der Waals surface area contributed by atoms with Crippen molar-refractivity contribution >= 4 is 17.7 Å². The van der Waals surface area contributed by atoms with Crippen molar-refractivity contribution in [2.75, 3.05) is 5.75 Å². The van der Waals surface area contributed by atoms with E-state index in [1.54, 1.807) is 0 Å². The second-order valence-electron chi connectivity index (χ2n) is 3.89. The Hall–Kier alpha value is -1.20. The zero-order valence-corrected chi connectivity index (χ0v) is 10.7. The number of thioether (sulfide) groups is 1. The maximum absolute atomic E-state index is 10.5. The lowest BCUT2D eigenvalue weighted by atomic mass is 10.3. The Kier molecular flexibility index (Phi) is 5.31. The van der Waals surface area contributed by atoms with Crippen LogP contribution in [-0.4, -0.2) is 29.0 Å². The zero-order valence-electron chi connectivity index (χ0n) is 9.92. The van der Waals surface area contributed by atoms with Gasteiger partial charge in [0.25, 0.3) is 0 Å². The number of hydrogen-bond acceptors (Lipinski definition) is 4. The molecule has 0 aliphatic heterocycles. The molecule has 0 saturated carbocycles. The Labute approximate surface area is 105 Å². The van der Waals surface area contributed by atoms with Crippen LogP contribution >= 0.6 is 11.8 Å². The van der Waals surface area contributed by atoms with Crippen molar-refractivity contribution in [3.05, 3.63) is 24.3 Å². The zero-order chi connectivity index (χ0) is 12.8. The molecule has 0 aromatic heterocycles. The minimum absolute atomic E-state index is 0.147. The summed E-state index contributed by atoms with van der Waals surface area (Å²) >= 11 is 1.42. The van der Waals surface area contributed by atoms with Crippen LogP contribution in [0.4, 0.5) is 0 Å². The molecule has 94 valence electrons. The van der Waals surface area contributed by atoms with Gasteiger partial charge in [0, 0.05) is 10.6 Å². The van der Waals surface area contributed by atoms with E-state index < -0.39 is 12.0 Å². The fourth-order valence-electron chi connectivity index (χ4n) is 1.14. The molecule has 0 aliphatic carbocycles. The highest BCUT2D eigenvalue weighted by molar-refractivity contribution is 7.99. The van der Waals surface area contributed by atoms with E-state index in [1.165, 1.54) is 11.8 Å². The Morgan fingerprint density at radius 2 is 2.00 bits per heavy atom. The molecule has 3 N–H and O–H groups in total. The summed E-state index contributed by atoms with van der Waals surface area (Å²) in [5.74, 6) is 0.198. The molecular formula is C12H17NO3S. The fourth-order valence-corrected chi connectivity index (χ4v) is 1.99. The summed E-state index contributed by atoms with van der Waals surface area (Å²) in [6.07, 6.45) is 0.147. The van der Waals surface area contributed by atoms with Crippen LogP contribution in [0.15, 0.2) is 29.2 Å². The summed E-state index contributed by atoms with van der Waals surface area (Å²) < 4.78 is 5.50. The highest BCUT2D eigenvalue weighted by Gasteiger charge is 2.11. The standard InChI is InChI=1S/C12H17NO3S/c1-8(2)16-9-3-5-10(6-4-9)17-7-11(13)12(14)15/h3-6,8,11H,7,13H2,1-2H3,(H,14,15). The number of ether oxygens (including phenoxy) is 1. The Morgan fingerprint density at radius 1 is 1.41 bits per heavy atom. The highest BCUT2D eigenvalue weighted by Crippen LogP contribution is 2.22. The second kappa shape index (κ2) is 6.51. The molecule has 0 radical (unpaired) electrons. The molecule has 1 atom stereocenters. The van der Waals surface area contributed by atoms with Crippen LogP contribution in [0.2, 0.25) is 0 Å². The summed E-state index contributed by atoms with van der Waals surface area (Å²) in [6, 6.07) is 6.71. The third-order valence-corrected chi connectivity index (χ3v) is 3.07. The van der Waals surface area contributed by atoms with E-state index in [0.717, 1.165) is 10.6 Å². The molecule has 17 heavy (non-hydrogen) atoms. The monoisotopic (exact) mass is 255 g/mol. The number of hydrogen-bond donors (Lipinski definition) is 2. The first-order valence-electron chi connectivity index (χ1n) is 5.37. The Balaban J connectivity index is 2.48. The molecule has 0 bridgehead atoms. The first-order chi connectivity index (χ1) is 7.99. The van der Waals surface area contributed by atoms with Gasteiger partial charge < -0.3 is 15.6 Å². The van der Waals surface area contributed by atoms with Crippen molar-refractivity contribution in [3.63, 3.8) is 0 Å². The van der Waals surface area contributed by atoms with E-state index >= 15 is 0 Å². The first kappa shape index (κ1) is 13.9. The Morgan fingerprint density at radius 3 is 2.47 bits per heavy atom. The summed E-state index contributed by atoms with van der Waals surface area (Å²) in [4.78, 5) is 11.5. The van der Waals surface area contributed by atoms with Gasteiger partial charge in [0.15, 0.2) is 0 Å². The van der Waals surface area contributed by atoms with Gasteiger partial charge in [0.1, 0.15) is 11.8 Å². The quantitative estimate of drug-likeness (QED) is 0.760. The van der Waals surface area contributed by atoms with Gasteiger partial charge in [-0.2, -0.15) is 0 Å². The molecule has 4 nitrogen and oxygen atoms in total. The number of benzene rings is 1. The van der Waals surface area contributed by atoms with Gasteiger partial charge in [-0.3, -0.25) is 4.79 Å². The second-order valence-corrected chi connectivity index (χ2v) is 4.99. The molecular weight excluding hydrogens is 238 g/mol. The third-order valence-electron chi connectivity index (χ3n) is 1.94. The third kappa shape index (κ3) is 5.10. The first-order valence-corrected chi connectivity index (χ1v) is 6.35. The van der Waals surface area contributed by atoms with Gasteiger partial charge in [-0.05, 0) is 38.1 Å². The topological polar surface area (TPSA) is 72.5 Å². The van der Waals surface area contributed by atoms with Crippen LogP contribution < -0.4 is 10.5 Å². The summed E-state index contributed by atoms with van der Waals surface area (Å²) in [7, 11) is 0. The van der Waals surface area contributed by atoms with Gasteiger partial charge in [0.05, 0.1) is 6.10 Å². The van der Waals surface area contributed by atoms with Gasteiger partial charge in [-0.15, -0.1) is 11.8 Å². The molecule has 5 heteroatoms. The van der Waals surface area contributed by atoms with E-state index in [-0.39, 0.29) is 6.10 Å². The van der Waals surface area contributed by atoms with Gasteiger partial charge >= 0.3 is 5.97 Å². The van der Waals surface area contributed by atoms with E-state index in [0.29, 0.717) is 5.75 Å². The fraction of sp³-hybridized carbons (Fsp3) is 0.417. The maximum atomic E-state index is 10.5. The molecule has 1 aromatic rings. The summed E-state index contributed by atoms with van der Waals surface area (Å²) in [5, 5.41) is 8.64. The molecule has 0 spiro atoms. The molecule has 0 fully saturated rings. The smallest absolute Gasteiger partial charge is 0.321 e. The average Bonchev–Trinajstić information content (AvgIpc) is 2.26. The highest BCUT2D eigenvalue weighted by atomic mass is 32.2. The van der Waals surface area contributed by atoms with Crippen LogP contribution in [-0.2, 0) is 4.79 Å². The van der Waals surface area contributed by atoms with Crippen molar-refractivity contribution < 1.29 is 14.6 Å². The molecule has 1 unspecified atom stereocenters. The van der Waals surface area contributed by atoms with Crippen molar-refractivity contribution in [3.8, 4) is 5.75 Å². The SMILES string of the molecule is CC(C)Oc1ccc(SCC(N)C(=O)O)cc1. The van der Waals surface area contributed by atoms with Crippen LogP contribution in [0.25, 0.3) is 0 Å². The van der Waals surface area contributed by atoms with Crippen molar-refractivity contribution in [2.24, 2.45) is 5.73 Å². The van der Waals surface area contributed by atoms with E-state index in [9.17, 15) is 4.79 Å². The van der Waals surface area contributed by atoms with Gasteiger partial charge in [-0.25, -0.2) is 0 Å². The molecule has 0 heterocycles. The van der Waals surface area contributed by atoms with Crippen molar-refractivity contribution in [2.45, 2.75) is 30.9 Å². The normalized spacial score (nSPS) is 12.5.